The number of carbonyl (C=O) groups is 2. The quantitative estimate of drug-likeness (QED) is 0.158. The number of unbranched alkanes of at least 4 members (excludes halogenated alkanes) is 12. The molecule has 0 aliphatic heterocycles. The molecule has 1 amide bonds. The lowest BCUT2D eigenvalue weighted by molar-refractivity contribution is -0.917. The zero-order valence-corrected chi connectivity index (χ0v) is 20.0. The Kier molecular flexibility index (Phi) is 15.1. The molecule has 5 nitrogen and oxygen atoms in total. The molecule has 0 saturated carbocycles. The van der Waals surface area contributed by atoms with Crippen molar-refractivity contribution < 1.29 is 19.2 Å². The van der Waals surface area contributed by atoms with Gasteiger partial charge in [-0.15, -0.1) is 0 Å². The second-order valence-corrected chi connectivity index (χ2v) is 9.47. The van der Waals surface area contributed by atoms with Gasteiger partial charge in [0.25, 0.3) is 5.66 Å². The lowest BCUT2D eigenvalue weighted by atomic mass is 9.99. The summed E-state index contributed by atoms with van der Waals surface area (Å²) in [5.74, 6) is -1.09. The average molecular weight is 414 g/mol. The van der Waals surface area contributed by atoms with E-state index in [1.807, 2.05) is 28.1 Å². The molecule has 2 N–H and O–H groups in total. The van der Waals surface area contributed by atoms with E-state index in [2.05, 4.69) is 12.2 Å². The molecule has 0 rings (SSSR count). The molecule has 0 aromatic heterocycles. The van der Waals surface area contributed by atoms with Gasteiger partial charge in [-0.25, -0.2) is 4.79 Å². The van der Waals surface area contributed by atoms with Crippen molar-refractivity contribution in [3.8, 4) is 0 Å². The van der Waals surface area contributed by atoms with Crippen LogP contribution in [-0.4, -0.2) is 48.3 Å². The van der Waals surface area contributed by atoms with Gasteiger partial charge in [-0.2, -0.15) is 0 Å². The van der Waals surface area contributed by atoms with E-state index in [1.165, 1.54) is 64.2 Å². The Hall–Kier alpha value is -1.10. The van der Waals surface area contributed by atoms with E-state index in [1.54, 1.807) is 0 Å². The summed E-state index contributed by atoms with van der Waals surface area (Å²) in [7, 11) is 5.49. The molecule has 0 heterocycles. The predicted molar refractivity (Wildman–Crippen MR) is 122 cm³/mol. The molecule has 0 spiro atoms. The summed E-state index contributed by atoms with van der Waals surface area (Å²) in [5.41, 5.74) is -1.25. The summed E-state index contributed by atoms with van der Waals surface area (Å²) in [6, 6.07) is 0. The monoisotopic (exact) mass is 413 g/mol. The highest BCUT2D eigenvalue weighted by molar-refractivity contribution is 5.85. The molecular weight excluding hydrogens is 364 g/mol. The Morgan fingerprint density at radius 1 is 0.724 bits per heavy atom. The zero-order chi connectivity index (χ0) is 22.2. The number of nitrogens with one attached hydrogen (secondary N) is 1. The van der Waals surface area contributed by atoms with Gasteiger partial charge in [0.05, 0.1) is 21.1 Å². The maximum atomic E-state index is 12.4. The number of hydrogen-bond acceptors (Lipinski definition) is 2. The molecule has 5 heteroatoms. The first kappa shape index (κ1) is 27.9. The van der Waals surface area contributed by atoms with Crippen molar-refractivity contribution in [3.63, 3.8) is 0 Å². The highest BCUT2D eigenvalue weighted by atomic mass is 16.4. The molecule has 0 aliphatic carbocycles. The fourth-order valence-corrected chi connectivity index (χ4v) is 3.97. The normalized spacial score (nSPS) is 13.8. The molecule has 0 aromatic carbocycles. The van der Waals surface area contributed by atoms with Crippen LogP contribution >= 0.6 is 0 Å². The van der Waals surface area contributed by atoms with Crippen LogP contribution in [0.5, 0.6) is 0 Å². The molecular formula is C24H49N2O3+. The van der Waals surface area contributed by atoms with Gasteiger partial charge in [0.1, 0.15) is 0 Å². The smallest absolute Gasteiger partial charge is 0.388 e. The maximum absolute atomic E-state index is 12.4. The second-order valence-electron chi connectivity index (χ2n) is 9.47. The first-order valence-electron chi connectivity index (χ1n) is 12.1. The summed E-state index contributed by atoms with van der Waals surface area (Å²) in [4.78, 5) is 24.4. The van der Waals surface area contributed by atoms with Gasteiger partial charge in [0.15, 0.2) is 0 Å². The minimum Gasteiger partial charge on any atom is -0.475 e. The van der Waals surface area contributed by atoms with E-state index < -0.39 is 11.6 Å². The molecule has 0 saturated heterocycles. The van der Waals surface area contributed by atoms with E-state index in [9.17, 15) is 14.7 Å². The number of hydrogen-bond donors (Lipinski definition) is 2. The first-order chi connectivity index (χ1) is 13.7. The lowest BCUT2D eigenvalue weighted by Gasteiger charge is -2.43. The topological polar surface area (TPSA) is 66.4 Å². The molecule has 0 fully saturated rings. The number of carboxylic acids is 1. The van der Waals surface area contributed by atoms with Crippen molar-refractivity contribution in [2.24, 2.45) is 0 Å². The largest absolute Gasteiger partial charge is 0.475 e. The van der Waals surface area contributed by atoms with Crippen molar-refractivity contribution in [1.29, 1.82) is 0 Å². The van der Waals surface area contributed by atoms with Crippen LogP contribution in [0.2, 0.25) is 0 Å². The lowest BCUT2D eigenvalue weighted by Crippen LogP contribution is -2.71. The van der Waals surface area contributed by atoms with Crippen molar-refractivity contribution >= 4 is 11.9 Å². The Morgan fingerprint density at radius 3 is 1.48 bits per heavy atom. The van der Waals surface area contributed by atoms with Crippen molar-refractivity contribution in [2.45, 2.75) is 122 Å². The zero-order valence-electron chi connectivity index (χ0n) is 20.0. The number of carbonyl (C=O) groups excluding carboxylic acids is 1. The van der Waals surface area contributed by atoms with Crippen molar-refractivity contribution in [1.82, 2.24) is 5.32 Å². The van der Waals surface area contributed by atoms with Crippen LogP contribution in [-0.2, 0) is 9.59 Å². The second kappa shape index (κ2) is 15.7. The van der Waals surface area contributed by atoms with Gasteiger partial charge in [-0.1, -0.05) is 90.9 Å². The number of amides is 1. The number of carboxylic acid groups (broad SMARTS) is 1. The van der Waals surface area contributed by atoms with E-state index in [0.717, 1.165) is 19.3 Å². The Bertz CT molecular complexity index is 446. The standard InChI is InChI=1S/C24H48N2O3/c1-6-8-9-10-11-12-13-14-15-16-17-18-19-20-22(27)25-24(21-7-2,23(28)29)26(3,4)5/h6-21H2,1-5H3,(H-,25,27,28,29)/p+1. The van der Waals surface area contributed by atoms with Crippen LogP contribution < -0.4 is 5.32 Å². The van der Waals surface area contributed by atoms with Gasteiger partial charge in [-0.05, 0) is 12.8 Å². The molecule has 0 aliphatic rings. The number of nitrogens with zero attached hydrogens (tertiary/aromatic N) is 1. The van der Waals surface area contributed by atoms with Gasteiger partial charge >= 0.3 is 5.97 Å². The number of aliphatic carboxylic acids is 1. The van der Waals surface area contributed by atoms with Gasteiger partial charge in [0, 0.05) is 12.8 Å². The summed E-state index contributed by atoms with van der Waals surface area (Å²) < 4.78 is 0.181. The molecule has 0 bridgehead atoms. The summed E-state index contributed by atoms with van der Waals surface area (Å²) >= 11 is 0. The van der Waals surface area contributed by atoms with Crippen molar-refractivity contribution in [3.05, 3.63) is 0 Å². The number of quaternary nitrogens is 1. The fraction of sp³-hybridized carbons (Fsp3) is 0.917. The number of likely N-dealkylation sites (N-methyl/N-ethyl adjacent to an activating group) is 1. The molecule has 1 atom stereocenters. The molecule has 29 heavy (non-hydrogen) atoms. The van der Waals surface area contributed by atoms with Gasteiger partial charge in [0.2, 0.25) is 5.91 Å². The minimum atomic E-state index is -1.25. The molecule has 1 unspecified atom stereocenters. The van der Waals surface area contributed by atoms with E-state index >= 15 is 0 Å². The molecule has 0 aromatic rings. The third-order valence-electron chi connectivity index (χ3n) is 5.96. The van der Waals surface area contributed by atoms with Crippen LogP contribution in [0.15, 0.2) is 0 Å². The number of rotatable bonds is 19. The van der Waals surface area contributed by atoms with E-state index in [-0.39, 0.29) is 10.4 Å². The third-order valence-corrected chi connectivity index (χ3v) is 5.96. The van der Waals surface area contributed by atoms with Crippen LogP contribution in [0.3, 0.4) is 0 Å². The maximum Gasteiger partial charge on any atom is 0.388 e. The minimum absolute atomic E-state index is 0.142. The Balaban J connectivity index is 3.92. The summed E-state index contributed by atoms with van der Waals surface area (Å²) in [5, 5.41) is 12.6. The van der Waals surface area contributed by atoms with Crippen molar-refractivity contribution in [2.75, 3.05) is 21.1 Å². The Morgan fingerprint density at radius 2 is 1.14 bits per heavy atom. The van der Waals surface area contributed by atoms with Gasteiger partial charge < -0.3 is 5.11 Å². The van der Waals surface area contributed by atoms with E-state index in [0.29, 0.717) is 19.3 Å². The van der Waals surface area contributed by atoms with Crippen LogP contribution in [0.25, 0.3) is 0 Å². The SMILES string of the molecule is CCCCCCCCCCCCCCCC(=O)NC(CCC)(C(=O)O)[N+](C)(C)C. The highest BCUT2D eigenvalue weighted by Gasteiger charge is 2.51. The molecule has 0 radical (unpaired) electrons. The summed E-state index contributed by atoms with van der Waals surface area (Å²) in [6.45, 7) is 4.21. The van der Waals surface area contributed by atoms with Crippen LogP contribution in [0.4, 0.5) is 0 Å². The predicted octanol–water partition coefficient (Wildman–Crippen LogP) is 5.87. The molecule has 172 valence electrons. The van der Waals surface area contributed by atoms with Crippen LogP contribution in [0.1, 0.15) is 117 Å². The summed E-state index contributed by atoms with van der Waals surface area (Å²) in [6.07, 6.45) is 18.1. The highest BCUT2D eigenvalue weighted by Crippen LogP contribution is 2.23. The first-order valence-corrected chi connectivity index (χ1v) is 12.1. The Labute approximate surface area is 180 Å². The van der Waals surface area contributed by atoms with Crippen LogP contribution in [0, 0.1) is 0 Å². The third kappa shape index (κ3) is 11.6. The van der Waals surface area contributed by atoms with Gasteiger partial charge in [-0.3, -0.25) is 14.6 Å². The fourth-order valence-electron chi connectivity index (χ4n) is 3.97. The van der Waals surface area contributed by atoms with E-state index in [4.69, 9.17) is 0 Å². The average Bonchev–Trinajstić information content (AvgIpc) is 2.64.